The van der Waals surface area contributed by atoms with Crippen LogP contribution in [0.4, 0.5) is 0 Å². The molecular formula is C26H38O2. The second kappa shape index (κ2) is 10.5. The van der Waals surface area contributed by atoms with Gasteiger partial charge in [-0.3, -0.25) is 0 Å². The molecule has 2 rings (SSSR count). The molecular weight excluding hydrogens is 344 g/mol. The molecule has 0 spiro atoms. The number of aromatic hydroxyl groups is 2. The Morgan fingerprint density at radius 3 is 1.36 bits per heavy atom. The minimum Gasteiger partial charge on any atom is -0.507 e. The van der Waals surface area contributed by atoms with E-state index in [9.17, 15) is 10.2 Å². The lowest BCUT2D eigenvalue weighted by Gasteiger charge is -2.21. The van der Waals surface area contributed by atoms with E-state index in [0.717, 1.165) is 28.7 Å². The monoisotopic (exact) mass is 382 g/mol. The van der Waals surface area contributed by atoms with Crippen LogP contribution in [0.25, 0.3) is 0 Å². The van der Waals surface area contributed by atoms with E-state index in [-0.39, 0.29) is 0 Å². The maximum Gasteiger partial charge on any atom is 0.121 e. The third kappa shape index (κ3) is 5.77. The van der Waals surface area contributed by atoms with Crippen molar-refractivity contribution >= 4 is 0 Å². The first-order valence-corrected chi connectivity index (χ1v) is 10.9. The van der Waals surface area contributed by atoms with Gasteiger partial charge in [-0.1, -0.05) is 76.1 Å². The quantitative estimate of drug-likeness (QED) is 0.415. The van der Waals surface area contributed by atoms with Gasteiger partial charge in [0.2, 0.25) is 0 Å². The molecule has 154 valence electrons. The summed E-state index contributed by atoms with van der Waals surface area (Å²) in [5.41, 5.74) is 6.28. The highest BCUT2D eigenvalue weighted by atomic mass is 16.3. The molecule has 2 N–H and O–H groups in total. The van der Waals surface area contributed by atoms with Crippen molar-refractivity contribution in [3.8, 4) is 11.5 Å². The summed E-state index contributed by atoms with van der Waals surface area (Å²) in [6.07, 6.45) is 10.2. The van der Waals surface area contributed by atoms with E-state index in [0.29, 0.717) is 17.4 Å². The van der Waals surface area contributed by atoms with Crippen LogP contribution < -0.4 is 0 Å². The molecule has 0 unspecified atom stereocenters. The van der Waals surface area contributed by atoms with Crippen LogP contribution in [-0.4, -0.2) is 10.2 Å². The Balaban J connectivity index is 2.22. The predicted molar refractivity (Wildman–Crippen MR) is 120 cm³/mol. The Labute approximate surface area is 171 Å². The molecule has 0 aliphatic heterocycles. The third-order valence-corrected chi connectivity index (χ3v) is 5.93. The second-order valence-corrected chi connectivity index (χ2v) is 8.47. The SMILES string of the molecule is CCCCCCCCCC(c1cc(C)c(O)c(C)c1)c1cc(C)c(O)c(C)c1. The van der Waals surface area contributed by atoms with Crippen LogP contribution in [-0.2, 0) is 0 Å². The van der Waals surface area contributed by atoms with Crippen LogP contribution in [0, 0.1) is 27.7 Å². The van der Waals surface area contributed by atoms with Gasteiger partial charge in [0.05, 0.1) is 0 Å². The van der Waals surface area contributed by atoms with E-state index in [2.05, 4.69) is 31.2 Å². The van der Waals surface area contributed by atoms with Crippen molar-refractivity contribution in [3.05, 3.63) is 57.6 Å². The number of aryl methyl sites for hydroxylation is 4. The molecule has 2 aromatic carbocycles. The molecule has 0 aliphatic carbocycles. The third-order valence-electron chi connectivity index (χ3n) is 5.93. The Hall–Kier alpha value is -1.96. The fourth-order valence-corrected chi connectivity index (χ4v) is 4.21. The molecule has 0 aliphatic rings. The van der Waals surface area contributed by atoms with E-state index >= 15 is 0 Å². The van der Waals surface area contributed by atoms with E-state index in [4.69, 9.17) is 0 Å². The average Bonchev–Trinajstić information content (AvgIpc) is 2.65. The van der Waals surface area contributed by atoms with Crippen molar-refractivity contribution in [2.24, 2.45) is 0 Å². The fraction of sp³-hybridized carbons (Fsp3) is 0.538. The molecule has 0 atom stereocenters. The van der Waals surface area contributed by atoms with Gasteiger partial charge in [0.15, 0.2) is 0 Å². The molecule has 0 amide bonds. The normalized spacial score (nSPS) is 11.4. The van der Waals surface area contributed by atoms with E-state index in [1.54, 1.807) is 0 Å². The lowest BCUT2D eigenvalue weighted by atomic mass is 9.83. The van der Waals surface area contributed by atoms with Crippen LogP contribution in [0.5, 0.6) is 11.5 Å². The summed E-state index contributed by atoms with van der Waals surface area (Å²) in [5, 5.41) is 20.4. The Morgan fingerprint density at radius 1 is 0.607 bits per heavy atom. The zero-order valence-electron chi connectivity index (χ0n) is 18.4. The summed E-state index contributed by atoms with van der Waals surface area (Å²) < 4.78 is 0. The van der Waals surface area contributed by atoms with Crippen molar-refractivity contribution in [2.45, 2.75) is 91.9 Å². The van der Waals surface area contributed by atoms with Gasteiger partial charge in [-0.25, -0.2) is 0 Å². The van der Waals surface area contributed by atoms with Gasteiger partial charge in [-0.2, -0.15) is 0 Å². The van der Waals surface area contributed by atoms with E-state index in [1.807, 2.05) is 27.7 Å². The first-order valence-electron chi connectivity index (χ1n) is 10.9. The minimum atomic E-state index is 0.298. The van der Waals surface area contributed by atoms with Crippen molar-refractivity contribution in [1.82, 2.24) is 0 Å². The lowest BCUT2D eigenvalue weighted by Crippen LogP contribution is -2.04. The Kier molecular flexibility index (Phi) is 8.41. The predicted octanol–water partition coefficient (Wildman–Crippen LogP) is 7.60. The Bertz CT molecular complexity index is 672. The molecule has 0 bridgehead atoms. The standard InChI is InChI=1S/C26H38O2/c1-6-7-8-9-10-11-12-13-24(22-14-18(2)25(27)19(3)15-22)23-16-20(4)26(28)21(5)17-23/h14-17,24,27-28H,6-13H2,1-5H3. The average molecular weight is 383 g/mol. The smallest absolute Gasteiger partial charge is 0.121 e. The van der Waals surface area contributed by atoms with Crippen LogP contribution in [0.2, 0.25) is 0 Å². The van der Waals surface area contributed by atoms with Gasteiger partial charge in [0.25, 0.3) is 0 Å². The highest BCUT2D eigenvalue weighted by molar-refractivity contribution is 5.49. The second-order valence-electron chi connectivity index (χ2n) is 8.47. The first kappa shape index (κ1) is 22.3. The minimum absolute atomic E-state index is 0.298. The number of unbranched alkanes of at least 4 members (excludes halogenated alkanes) is 6. The molecule has 2 nitrogen and oxygen atoms in total. The summed E-state index contributed by atoms with van der Waals surface area (Å²) in [6, 6.07) is 8.52. The maximum atomic E-state index is 10.2. The van der Waals surface area contributed by atoms with Crippen molar-refractivity contribution in [2.75, 3.05) is 0 Å². The highest BCUT2D eigenvalue weighted by Crippen LogP contribution is 2.37. The topological polar surface area (TPSA) is 40.5 Å². The van der Waals surface area contributed by atoms with Gasteiger partial charge in [-0.05, 0) is 67.5 Å². The van der Waals surface area contributed by atoms with E-state index in [1.165, 1.54) is 56.1 Å². The van der Waals surface area contributed by atoms with Crippen LogP contribution in [0.3, 0.4) is 0 Å². The molecule has 2 heteroatoms. The highest BCUT2D eigenvalue weighted by Gasteiger charge is 2.18. The number of phenolic OH excluding ortho intramolecular Hbond substituents is 2. The van der Waals surface area contributed by atoms with Gasteiger partial charge in [0.1, 0.15) is 11.5 Å². The molecule has 28 heavy (non-hydrogen) atoms. The summed E-state index contributed by atoms with van der Waals surface area (Å²) in [4.78, 5) is 0. The fourth-order valence-electron chi connectivity index (χ4n) is 4.21. The molecule has 0 heterocycles. The number of hydrogen-bond acceptors (Lipinski definition) is 2. The number of hydrogen-bond donors (Lipinski definition) is 2. The van der Waals surface area contributed by atoms with Crippen LogP contribution >= 0.6 is 0 Å². The van der Waals surface area contributed by atoms with Gasteiger partial charge >= 0.3 is 0 Å². The maximum absolute atomic E-state index is 10.2. The van der Waals surface area contributed by atoms with E-state index < -0.39 is 0 Å². The molecule has 0 saturated carbocycles. The molecule has 0 fully saturated rings. The van der Waals surface area contributed by atoms with Crippen molar-refractivity contribution < 1.29 is 10.2 Å². The summed E-state index contributed by atoms with van der Waals surface area (Å²) in [5.74, 6) is 1.10. The number of rotatable bonds is 10. The van der Waals surface area contributed by atoms with Crippen molar-refractivity contribution in [3.63, 3.8) is 0 Å². The summed E-state index contributed by atoms with van der Waals surface area (Å²) in [6.45, 7) is 10.2. The molecule has 0 radical (unpaired) electrons. The Morgan fingerprint density at radius 2 is 0.964 bits per heavy atom. The zero-order valence-corrected chi connectivity index (χ0v) is 18.4. The first-order chi connectivity index (χ1) is 13.3. The number of phenols is 2. The molecule has 2 aromatic rings. The molecule has 0 saturated heterocycles. The van der Waals surface area contributed by atoms with Gasteiger partial charge in [0, 0.05) is 5.92 Å². The summed E-state index contributed by atoms with van der Waals surface area (Å²) >= 11 is 0. The summed E-state index contributed by atoms with van der Waals surface area (Å²) in [7, 11) is 0. The lowest BCUT2D eigenvalue weighted by molar-refractivity contribution is 0.465. The van der Waals surface area contributed by atoms with Crippen LogP contribution in [0.1, 0.15) is 97.6 Å². The van der Waals surface area contributed by atoms with Crippen molar-refractivity contribution in [1.29, 1.82) is 0 Å². The zero-order chi connectivity index (χ0) is 20.7. The number of benzene rings is 2. The van der Waals surface area contributed by atoms with Gasteiger partial charge in [-0.15, -0.1) is 0 Å². The van der Waals surface area contributed by atoms with Crippen LogP contribution in [0.15, 0.2) is 24.3 Å². The van der Waals surface area contributed by atoms with Gasteiger partial charge < -0.3 is 10.2 Å². The largest absolute Gasteiger partial charge is 0.507 e. The molecule has 0 aromatic heterocycles.